The number of hydrogen-bond acceptors (Lipinski definition) is 4. The molecular weight excluding hydrogens is 350 g/mol. The van der Waals surface area contributed by atoms with Gasteiger partial charge >= 0.3 is 0 Å². The van der Waals surface area contributed by atoms with E-state index in [1.165, 1.54) is 10.4 Å². The fourth-order valence-corrected chi connectivity index (χ4v) is 4.16. The summed E-state index contributed by atoms with van der Waals surface area (Å²) >= 11 is 5.26. The number of fused-ring (bicyclic) bond motifs is 1. The number of nitrogens with one attached hydrogen (secondary N) is 1. The summed E-state index contributed by atoms with van der Waals surface area (Å²) in [7, 11) is 1.68. The number of methoxy groups -OCH3 is 1. The standard InChI is InChI=1S/C16H18BrNO2S/c1-3-18-12-9-14(15-6-7-16(17)21-15)20-13-8-10(19-2)4-5-11(12)13/h4-8,12,14,18H,3,9H2,1-2H3. The fourth-order valence-electron chi connectivity index (χ4n) is 2.69. The van der Waals surface area contributed by atoms with Gasteiger partial charge in [-0.1, -0.05) is 13.0 Å². The summed E-state index contributed by atoms with van der Waals surface area (Å²) in [5.74, 6) is 1.75. The minimum absolute atomic E-state index is 0.0879. The van der Waals surface area contributed by atoms with Crippen LogP contribution in [-0.4, -0.2) is 13.7 Å². The van der Waals surface area contributed by atoms with E-state index < -0.39 is 0 Å². The highest BCUT2D eigenvalue weighted by molar-refractivity contribution is 9.11. The lowest BCUT2D eigenvalue weighted by Crippen LogP contribution is -2.28. The lowest BCUT2D eigenvalue weighted by molar-refractivity contribution is 0.154. The zero-order valence-electron chi connectivity index (χ0n) is 12.1. The van der Waals surface area contributed by atoms with Crippen molar-refractivity contribution in [3.8, 4) is 11.5 Å². The van der Waals surface area contributed by atoms with E-state index in [4.69, 9.17) is 9.47 Å². The summed E-state index contributed by atoms with van der Waals surface area (Å²) in [4.78, 5) is 1.25. The van der Waals surface area contributed by atoms with Crippen LogP contribution in [0.15, 0.2) is 34.1 Å². The van der Waals surface area contributed by atoms with Crippen molar-refractivity contribution < 1.29 is 9.47 Å². The fraction of sp³-hybridized carbons (Fsp3) is 0.375. The van der Waals surface area contributed by atoms with Crippen LogP contribution >= 0.6 is 27.3 Å². The number of halogens is 1. The van der Waals surface area contributed by atoms with E-state index >= 15 is 0 Å². The molecule has 2 heterocycles. The molecule has 1 aliphatic rings. The summed E-state index contributed by atoms with van der Waals surface area (Å²) in [6.07, 6.45) is 1.03. The van der Waals surface area contributed by atoms with Crippen LogP contribution in [0.25, 0.3) is 0 Å². The largest absolute Gasteiger partial charge is 0.497 e. The SMILES string of the molecule is CCNC1CC(c2ccc(Br)s2)Oc2cc(OC)ccc21. The molecule has 0 spiro atoms. The summed E-state index contributed by atoms with van der Waals surface area (Å²) < 4.78 is 12.7. The summed E-state index contributed by atoms with van der Waals surface area (Å²) in [5, 5.41) is 3.56. The second-order valence-corrected chi connectivity index (χ2v) is 7.49. The van der Waals surface area contributed by atoms with Crippen LogP contribution in [0.5, 0.6) is 11.5 Å². The Morgan fingerprint density at radius 1 is 1.38 bits per heavy atom. The van der Waals surface area contributed by atoms with Gasteiger partial charge in [0.2, 0.25) is 0 Å². The quantitative estimate of drug-likeness (QED) is 0.849. The van der Waals surface area contributed by atoms with Gasteiger partial charge in [0.1, 0.15) is 17.6 Å². The minimum Gasteiger partial charge on any atom is -0.497 e. The average Bonchev–Trinajstić information content (AvgIpc) is 2.93. The highest BCUT2D eigenvalue weighted by Gasteiger charge is 2.30. The van der Waals surface area contributed by atoms with Gasteiger partial charge in [-0.3, -0.25) is 0 Å². The van der Waals surface area contributed by atoms with E-state index in [0.717, 1.165) is 28.3 Å². The van der Waals surface area contributed by atoms with Crippen LogP contribution < -0.4 is 14.8 Å². The van der Waals surface area contributed by atoms with Crippen molar-refractivity contribution in [3.63, 3.8) is 0 Å². The molecule has 3 nitrogen and oxygen atoms in total. The van der Waals surface area contributed by atoms with E-state index in [9.17, 15) is 0 Å². The Labute approximate surface area is 137 Å². The van der Waals surface area contributed by atoms with Crippen molar-refractivity contribution >= 4 is 27.3 Å². The van der Waals surface area contributed by atoms with E-state index in [-0.39, 0.29) is 6.10 Å². The molecule has 2 unspecified atom stereocenters. The smallest absolute Gasteiger partial charge is 0.135 e. The van der Waals surface area contributed by atoms with Crippen molar-refractivity contribution in [2.75, 3.05) is 13.7 Å². The Morgan fingerprint density at radius 3 is 2.90 bits per heavy atom. The van der Waals surface area contributed by atoms with E-state index in [1.54, 1.807) is 18.4 Å². The molecule has 0 saturated heterocycles. The normalized spacial score (nSPS) is 20.7. The lowest BCUT2D eigenvalue weighted by atomic mass is 9.95. The molecule has 1 aromatic carbocycles. The molecule has 0 amide bonds. The highest BCUT2D eigenvalue weighted by atomic mass is 79.9. The first kappa shape index (κ1) is 14.9. The van der Waals surface area contributed by atoms with Gasteiger partial charge in [-0.2, -0.15) is 0 Å². The molecule has 2 aromatic rings. The van der Waals surface area contributed by atoms with Crippen LogP contribution in [0, 0.1) is 0 Å². The van der Waals surface area contributed by atoms with Gasteiger partial charge in [-0.15, -0.1) is 11.3 Å². The Morgan fingerprint density at radius 2 is 2.24 bits per heavy atom. The molecule has 1 N–H and O–H groups in total. The number of thiophene rings is 1. The Balaban J connectivity index is 1.94. The monoisotopic (exact) mass is 367 g/mol. The number of ether oxygens (including phenoxy) is 2. The van der Waals surface area contributed by atoms with Gasteiger partial charge in [-0.05, 0) is 40.7 Å². The van der Waals surface area contributed by atoms with Crippen molar-refractivity contribution in [3.05, 3.63) is 44.6 Å². The molecular formula is C16H18BrNO2S. The maximum atomic E-state index is 6.22. The van der Waals surface area contributed by atoms with E-state index in [1.807, 2.05) is 12.1 Å². The van der Waals surface area contributed by atoms with Gasteiger partial charge in [0.25, 0.3) is 0 Å². The predicted molar refractivity (Wildman–Crippen MR) is 89.4 cm³/mol. The molecule has 112 valence electrons. The van der Waals surface area contributed by atoms with E-state index in [0.29, 0.717) is 6.04 Å². The van der Waals surface area contributed by atoms with Crippen molar-refractivity contribution in [1.82, 2.24) is 5.32 Å². The van der Waals surface area contributed by atoms with Gasteiger partial charge in [0.15, 0.2) is 0 Å². The molecule has 0 aliphatic carbocycles. The molecule has 3 rings (SSSR count). The molecule has 0 saturated carbocycles. The van der Waals surface area contributed by atoms with Gasteiger partial charge in [0.05, 0.1) is 10.9 Å². The topological polar surface area (TPSA) is 30.5 Å². The second kappa shape index (κ2) is 6.38. The van der Waals surface area contributed by atoms with Gasteiger partial charge in [0, 0.05) is 29.0 Å². The molecule has 0 radical (unpaired) electrons. The van der Waals surface area contributed by atoms with Crippen LogP contribution in [0.4, 0.5) is 0 Å². The Bertz CT molecular complexity index is 628. The summed E-state index contributed by atoms with van der Waals surface area (Å²) in [6, 6.07) is 10.6. The molecule has 2 atom stereocenters. The molecule has 1 aliphatic heterocycles. The average molecular weight is 368 g/mol. The van der Waals surface area contributed by atoms with Crippen LogP contribution in [0.3, 0.4) is 0 Å². The molecule has 5 heteroatoms. The first-order valence-electron chi connectivity index (χ1n) is 7.04. The minimum atomic E-state index is 0.0879. The predicted octanol–water partition coefficient (Wildman–Crippen LogP) is 4.69. The van der Waals surface area contributed by atoms with Crippen molar-refractivity contribution in [1.29, 1.82) is 0 Å². The second-order valence-electron chi connectivity index (χ2n) is 5.00. The van der Waals surface area contributed by atoms with Crippen LogP contribution in [0.1, 0.15) is 35.9 Å². The Hall–Kier alpha value is -1.04. The third-order valence-corrected chi connectivity index (χ3v) is 5.39. The molecule has 0 fully saturated rings. The zero-order valence-corrected chi connectivity index (χ0v) is 14.5. The number of rotatable bonds is 4. The van der Waals surface area contributed by atoms with Gasteiger partial charge in [-0.25, -0.2) is 0 Å². The molecule has 21 heavy (non-hydrogen) atoms. The lowest BCUT2D eigenvalue weighted by Gasteiger charge is -2.32. The zero-order chi connectivity index (χ0) is 14.8. The Kier molecular flexibility index (Phi) is 4.52. The third-order valence-electron chi connectivity index (χ3n) is 3.68. The third kappa shape index (κ3) is 3.10. The van der Waals surface area contributed by atoms with Crippen LogP contribution in [0.2, 0.25) is 0 Å². The number of hydrogen-bond donors (Lipinski definition) is 1. The summed E-state index contributed by atoms with van der Waals surface area (Å²) in [5.41, 5.74) is 1.21. The molecule has 1 aromatic heterocycles. The summed E-state index contributed by atoms with van der Waals surface area (Å²) in [6.45, 7) is 3.08. The van der Waals surface area contributed by atoms with Gasteiger partial charge < -0.3 is 14.8 Å². The van der Waals surface area contributed by atoms with E-state index in [2.05, 4.69) is 46.4 Å². The van der Waals surface area contributed by atoms with Crippen molar-refractivity contribution in [2.45, 2.75) is 25.5 Å². The number of benzene rings is 1. The van der Waals surface area contributed by atoms with Crippen molar-refractivity contribution in [2.24, 2.45) is 0 Å². The van der Waals surface area contributed by atoms with Crippen LogP contribution in [-0.2, 0) is 0 Å². The molecule has 0 bridgehead atoms. The maximum Gasteiger partial charge on any atom is 0.135 e. The first-order chi connectivity index (χ1) is 10.2. The highest BCUT2D eigenvalue weighted by Crippen LogP contribution is 2.44. The maximum absolute atomic E-state index is 6.22. The first-order valence-corrected chi connectivity index (χ1v) is 8.65.